The molecule has 3 heteroatoms. The van der Waals surface area contributed by atoms with Gasteiger partial charge in [-0.15, -0.1) is 0 Å². The van der Waals surface area contributed by atoms with Crippen molar-refractivity contribution < 1.29 is 9.90 Å². The van der Waals surface area contributed by atoms with Crippen LogP contribution in [-0.4, -0.2) is 23.5 Å². The zero-order valence-electron chi connectivity index (χ0n) is 9.47. The molecule has 0 aromatic heterocycles. The molecule has 0 bridgehead atoms. The molecule has 2 aromatic rings. The smallest absolute Gasteiger partial charge is 0.166 e. The maximum Gasteiger partial charge on any atom is 0.166 e. The van der Waals surface area contributed by atoms with E-state index in [0.29, 0.717) is 0 Å². The van der Waals surface area contributed by atoms with Crippen LogP contribution in [0.3, 0.4) is 0 Å². The van der Waals surface area contributed by atoms with Gasteiger partial charge in [0.05, 0.1) is 0 Å². The number of aliphatic hydroxyl groups excluding tert-OH is 1. The van der Waals surface area contributed by atoms with Crippen molar-refractivity contribution in [1.82, 2.24) is 0 Å². The molecule has 0 spiro atoms. The summed E-state index contributed by atoms with van der Waals surface area (Å²) >= 11 is 0. The molecule has 0 aliphatic heterocycles. The lowest BCUT2D eigenvalue weighted by molar-refractivity contribution is -0.125. The third kappa shape index (κ3) is 2.70. The fourth-order valence-corrected chi connectivity index (χ4v) is 1.80. The number of benzene rings is 2. The van der Waals surface area contributed by atoms with Crippen LogP contribution in [-0.2, 0) is 11.2 Å². The number of fused-ring (bicyclic) bond motifs is 1. The van der Waals surface area contributed by atoms with E-state index in [1.54, 1.807) is 0 Å². The average molecular weight is 229 g/mol. The van der Waals surface area contributed by atoms with Crippen molar-refractivity contribution in [2.45, 2.75) is 12.5 Å². The van der Waals surface area contributed by atoms with E-state index in [0.717, 1.165) is 16.3 Å². The maximum atomic E-state index is 11.5. The Morgan fingerprint density at radius 3 is 2.59 bits per heavy atom. The standard InChI is InChI=1S/C14H15NO2/c15-9-14(17)13(16)8-10-5-6-11-3-1-2-4-12(11)7-10/h1-7,14,17H,8-9,15H2. The summed E-state index contributed by atoms with van der Waals surface area (Å²) in [4.78, 5) is 11.5. The van der Waals surface area contributed by atoms with Crippen LogP contribution in [0.4, 0.5) is 0 Å². The highest BCUT2D eigenvalue weighted by Crippen LogP contribution is 2.16. The minimum absolute atomic E-state index is 0.0214. The molecule has 0 radical (unpaired) electrons. The predicted octanol–water partition coefficient (Wildman–Crippen LogP) is 1.27. The van der Waals surface area contributed by atoms with Gasteiger partial charge in [-0.25, -0.2) is 0 Å². The quantitative estimate of drug-likeness (QED) is 0.830. The number of carbonyl (C=O) groups is 1. The number of hydrogen-bond acceptors (Lipinski definition) is 3. The Labute approximate surface area is 99.9 Å². The Balaban J connectivity index is 2.22. The largest absolute Gasteiger partial charge is 0.384 e. The molecule has 2 rings (SSSR count). The first kappa shape index (κ1) is 11.8. The van der Waals surface area contributed by atoms with E-state index in [4.69, 9.17) is 5.73 Å². The zero-order valence-corrected chi connectivity index (χ0v) is 9.47. The predicted molar refractivity (Wildman–Crippen MR) is 67.7 cm³/mol. The van der Waals surface area contributed by atoms with E-state index < -0.39 is 6.10 Å². The highest BCUT2D eigenvalue weighted by atomic mass is 16.3. The van der Waals surface area contributed by atoms with Crippen molar-refractivity contribution >= 4 is 16.6 Å². The van der Waals surface area contributed by atoms with E-state index >= 15 is 0 Å². The first-order valence-corrected chi connectivity index (χ1v) is 5.59. The van der Waals surface area contributed by atoms with Crippen LogP contribution in [0.1, 0.15) is 5.56 Å². The number of rotatable bonds is 4. The van der Waals surface area contributed by atoms with Crippen molar-refractivity contribution in [1.29, 1.82) is 0 Å². The molecular weight excluding hydrogens is 214 g/mol. The summed E-state index contributed by atoms with van der Waals surface area (Å²) in [5.41, 5.74) is 6.15. The monoisotopic (exact) mass is 229 g/mol. The van der Waals surface area contributed by atoms with E-state index in [1.165, 1.54) is 0 Å². The number of nitrogens with two attached hydrogens (primary N) is 1. The van der Waals surface area contributed by atoms with Crippen LogP contribution < -0.4 is 5.73 Å². The Hall–Kier alpha value is -1.71. The SMILES string of the molecule is NCC(O)C(=O)Cc1ccc2ccccc2c1. The summed E-state index contributed by atoms with van der Waals surface area (Å²) < 4.78 is 0. The molecule has 0 heterocycles. The summed E-state index contributed by atoms with van der Waals surface area (Å²) in [6, 6.07) is 13.8. The maximum absolute atomic E-state index is 11.5. The van der Waals surface area contributed by atoms with Gasteiger partial charge >= 0.3 is 0 Å². The molecule has 1 unspecified atom stereocenters. The molecule has 0 saturated heterocycles. The topological polar surface area (TPSA) is 63.3 Å². The van der Waals surface area contributed by atoms with Crippen molar-refractivity contribution in [3.63, 3.8) is 0 Å². The molecule has 88 valence electrons. The molecule has 3 N–H and O–H groups in total. The third-order valence-corrected chi connectivity index (χ3v) is 2.79. The number of hydrogen-bond donors (Lipinski definition) is 2. The zero-order chi connectivity index (χ0) is 12.3. The van der Waals surface area contributed by atoms with E-state index in [1.807, 2.05) is 42.5 Å². The molecule has 2 aromatic carbocycles. The highest BCUT2D eigenvalue weighted by molar-refractivity contribution is 5.88. The number of carbonyl (C=O) groups excluding carboxylic acids is 1. The lowest BCUT2D eigenvalue weighted by Crippen LogP contribution is -2.30. The summed E-state index contributed by atoms with van der Waals surface area (Å²) in [7, 11) is 0. The molecule has 0 aliphatic carbocycles. The van der Waals surface area contributed by atoms with Crippen LogP contribution in [0.5, 0.6) is 0 Å². The lowest BCUT2D eigenvalue weighted by Gasteiger charge is -2.07. The minimum atomic E-state index is -1.05. The fraction of sp³-hybridized carbons (Fsp3) is 0.214. The summed E-state index contributed by atoms with van der Waals surface area (Å²) in [5, 5.41) is 11.6. The Bertz CT molecular complexity index is 536. The van der Waals surface area contributed by atoms with Gasteiger partial charge in [-0.3, -0.25) is 4.79 Å². The first-order chi connectivity index (χ1) is 8.20. The summed E-state index contributed by atoms with van der Waals surface area (Å²) in [6.45, 7) is -0.0214. The third-order valence-electron chi connectivity index (χ3n) is 2.79. The lowest BCUT2D eigenvalue weighted by atomic mass is 10.0. The molecular formula is C14H15NO2. The van der Waals surface area contributed by atoms with E-state index in [9.17, 15) is 9.90 Å². The molecule has 0 amide bonds. The summed E-state index contributed by atoms with van der Waals surface area (Å²) in [6.07, 6.45) is -0.829. The minimum Gasteiger partial charge on any atom is -0.384 e. The van der Waals surface area contributed by atoms with Gasteiger partial charge < -0.3 is 10.8 Å². The fourth-order valence-electron chi connectivity index (χ4n) is 1.80. The van der Waals surface area contributed by atoms with E-state index in [-0.39, 0.29) is 18.7 Å². The second-order valence-corrected chi connectivity index (χ2v) is 4.08. The van der Waals surface area contributed by atoms with Crippen molar-refractivity contribution in [2.24, 2.45) is 5.73 Å². The number of ketones is 1. The van der Waals surface area contributed by atoms with Gasteiger partial charge in [0.2, 0.25) is 0 Å². The van der Waals surface area contributed by atoms with Gasteiger partial charge in [0.15, 0.2) is 5.78 Å². The van der Waals surface area contributed by atoms with Gasteiger partial charge in [-0.05, 0) is 16.3 Å². The number of aliphatic hydroxyl groups is 1. The van der Waals surface area contributed by atoms with E-state index in [2.05, 4.69) is 0 Å². The van der Waals surface area contributed by atoms with Crippen molar-refractivity contribution in [2.75, 3.05) is 6.54 Å². The van der Waals surface area contributed by atoms with Gasteiger partial charge in [0.1, 0.15) is 6.10 Å². The highest BCUT2D eigenvalue weighted by Gasteiger charge is 2.13. The van der Waals surface area contributed by atoms with Crippen molar-refractivity contribution in [3.8, 4) is 0 Å². The molecule has 0 aliphatic rings. The van der Waals surface area contributed by atoms with Crippen LogP contribution in [0.25, 0.3) is 10.8 Å². The normalized spacial score (nSPS) is 12.6. The van der Waals surface area contributed by atoms with Crippen molar-refractivity contribution in [3.05, 3.63) is 48.0 Å². The molecule has 0 saturated carbocycles. The molecule has 3 nitrogen and oxygen atoms in total. The van der Waals surface area contributed by atoms with Gasteiger partial charge in [-0.1, -0.05) is 42.5 Å². The Morgan fingerprint density at radius 1 is 1.18 bits per heavy atom. The second kappa shape index (κ2) is 5.08. The Morgan fingerprint density at radius 2 is 1.88 bits per heavy atom. The Kier molecular flexibility index (Phi) is 3.52. The number of Topliss-reactive ketones (excluding diaryl/α,β-unsaturated/α-hetero) is 1. The van der Waals surface area contributed by atoms with Crippen LogP contribution >= 0.6 is 0 Å². The van der Waals surface area contributed by atoms with Gasteiger partial charge in [-0.2, -0.15) is 0 Å². The van der Waals surface area contributed by atoms with Gasteiger partial charge in [0.25, 0.3) is 0 Å². The second-order valence-electron chi connectivity index (χ2n) is 4.08. The molecule has 17 heavy (non-hydrogen) atoms. The first-order valence-electron chi connectivity index (χ1n) is 5.59. The van der Waals surface area contributed by atoms with Crippen LogP contribution in [0, 0.1) is 0 Å². The molecule has 0 fully saturated rings. The molecule has 1 atom stereocenters. The van der Waals surface area contributed by atoms with Crippen LogP contribution in [0.2, 0.25) is 0 Å². The van der Waals surface area contributed by atoms with Crippen LogP contribution in [0.15, 0.2) is 42.5 Å². The van der Waals surface area contributed by atoms with Gasteiger partial charge in [0, 0.05) is 13.0 Å². The summed E-state index contributed by atoms with van der Waals surface area (Å²) in [5.74, 6) is -0.234. The average Bonchev–Trinajstić information content (AvgIpc) is 2.37.